The maximum Gasteiger partial charge on any atom is 0.419 e. The van der Waals surface area contributed by atoms with Gasteiger partial charge in [0, 0.05) is 18.8 Å². The van der Waals surface area contributed by atoms with Crippen molar-refractivity contribution in [2.24, 2.45) is 5.92 Å². The van der Waals surface area contributed by atoms with Crippen LogP contribution in [0.5, 0.6) is 0 Å². The van der Waals surface area contributed by atoms with Gasteiger partial charge in [0.2, 0.25) is 5.91 Å². The van der Waals surface area contributed by atoms with Gasteiger partial charge in [-0.1, -0.05) is 0 Å². The van der Waals surface area contributed by atoms with Gasteiger partial charge in [0.05, 0.1) is 11.5 Å². The van der Waals surface area contributed by atoms with E-state index in [0.717, 1.165) is 11.0 Å². The molecule has 2 atom stereocenters. The number of nitrogens with one attached hydrogen (secondary N) is 2. The van der Waals surface area contributed by atoms with Gasteiger partial charge in [-0.2, -0.15) is 26.3 Å². The first-order valence-corrected chi connectivity index (χ1v) is 8.54. The monoisotopic (exact) mass is 443 g/mol. The average Bonchev–Trinajstić information content (AvgIpc) is 3.11. The molecule has 0 saturated carbocycles. The first-order chi connectivity index (χ1) is 13.7. The molecule has 30 heavy (non-hydrogen) atoms. The second-order valence-electron chi connectivity index (χ2n) is 6.66. The number of likely N-dealkylation sites (tertiary alicyclic amines) is 1. The molecule has 166 valence electrons. The Morgan fingerprint density at radius 3 is 2.33 bits per heavy atom. The Labute approximate surface area is 165 Å². The summed E-state index contributed by atoms with van der Waals surface area (Å²) in [5, 5.41) is 3.68. The molecular weight excluding hydrogens is 427 g/mol. The number of rotatable bonds is 3. The van der Waals surface area contributed by atoms with Crippen LogP contribution < -0.4 is 10.6 Å². The van der Waals surface area contributed by atoms with E-state index in [1.807, 2.05) is 0 Å². The van der Waals surface area contributed by atoms with Crippen LogP contribution in [0.25, 0.3) is 0 Å². The van der Waals surface area contributed by atoms with Crippen molar-refractivity contribution in [2.75, 3.05) is 18.4 Å². The summed E-state index contributed by atoms with van der Waals surface area (Å²) in [6, 6.07) is -0.379. The van der Waals surface area contributed by atoms with E-state index >= 15 is 0 Å². The highest BCUT2D eigenvalue weighted by Gasteiger charge is 2.40. The normalized spacial score (nSPS) is 18.1. The third-order valence-electron chi connectivity index (χ3n) is 4.42. The molecule has 0 radical (unpaired) electrons. The van der Waals surface area contributed by atoms with E-state index in [1.54, 1.807) is 0 Å². The Morgan fingerprint density at radius 1 is 1.13 bits per heavy atom. The van der Waals surface area contributed by atoms with Gasteiger partial charge >= 0.3 is 24.2 Å². The summed E-state index contributed by atoms with van der Waals surface area (Å²) in [5.41, 5.74) is -1.89. The minimum Gasteiger partial charge on any atom is -0.336 e. The number of hydrogen-bond donors (Lipinski definition) is 2. The topological polar surface area (TPSA) is 78.5 Å². The second-order valence-corrected chi connectivity index (χ2v) is 6.66. The van der Waals surface area contributed by atoms with E-state index in [0.29, 0.717) is 19.1 Å². The Balaban J connectivity index is 1.98. The SMILES string of the molecule is CC(NC(=O)C(=O)N1CCC(C(=O)Nc2ccc(F)c(C(F)(F)F)c2)C1)C(F)(F)F. The third kappa shape index (κ3) is 5.60. The third-order valence-corrected chi connectivity index (χ3v) is 4.42. The van der Waals surface area contributed by atoms with Crippen LogP contribution in [-0.4, -0.2) is 47.9 Å². The smallest absolute Gasteiger partial charge is 0.336 e. The lowest BCUT2D eigenvalue weighted by Crippen LogP contribution is -2.49. The maximum atomic E-state index is 13.3. The fraction of sp³-hybridized carbons (Fsp3) is 0.471. The van der Waals surface area contributed by atoms with Crippen molar-refractivity contribution in [3.05, 3.63) is 29.6 Å². The molecule has 1 aliphatic rings. The first kappa shape index (κ1) is 23.4. The van der Waals surface area contributed by atoms with E-state index in [1.165, 1.54) is 5.32 Å². The summed E-state index contributed by atoms with van der Waals surface area (Å²) in [7, 11) is 0. The number of alkyl halides is 6. The summed E-state index contributed by atoms with van der Waals surface area (Å²) < 4.78 is 88.9. The highest BCUT2D eigenvalue weighted by atomic mass is 19.4. The molecule has 13 heteroatoms. The van der Waals surface area contributed by atoms with Crippen LogP contribution in [0.1, 0.15) is 18.9 Å². The molecule has 0 aromatic heterocycles. The van der Waals surface area contributed by atoms with E-state index < -0.39 is 53.4 Å². The van der Waals surface area contributed by atoms with Crippen LogP contribution in [0.15, 0.2) is 18.2 Å². The summed E-state index contributed by atoms with van der Waals surface area (Å²) >= 11 is 0. The summed E-state index contributed by atoms with van der Waals surface area (Å²) in [6.45, 7) is 0.233. The number of halogens is 7. The summed E-state index contributed by atoms with van der Waals surface area (Å²) in [4.78, 5) is 36.8. The lowest BCUT2D eigenvalue weighted by Gasteiger charge is -2.20. The molecule has 1 heterocycles. The van der Waals surface area contributed by atoms with Gasteiger partial charge in [-0.05, 0) is 31.5 Å². The molecule has 1 fully saturated rings. The highest BCUT2D eigenvalue weighted by Crippen LogP contribution is 2.33. The molecule has 0 aliphatic carbocycles. The maximum absolute atomic E-state index is 13.3. The van der Waals surface area contributed by atoms with E-state index in [-0.39, 0.29) is 25.2 Å². The fourth-order valence-electron chi connectivity index (χ4n) is 2.71. The number of amides is 3. The molecule has 1 aliphatic heterocycles. The zero-order valence-corrected chi connectivity index (χ0v) is 15.3. The summed E-state index contributed by atoms with van der Waals surface area (Å²) in [5.74, 6) is -5.97. The van der Waals surface area contributed by atoms with E-state index in [9.17, 15) is 45.1 Å². The predicted molar refractivity (Wildman–Crippen MR) is 88.4 cm³/mol. The minimum absolute atomic E-state index is 0.0347. The molecule has 1 saturated heterocycles. The van der Waals surface area contributed by atoms with Crippen molar-refractivity contribution in [1.82, 2.24) is 10.2 Å². The van der Waals surface area contributed by atoms with Crippen LogP contribution in [0.3, 0.4) is 0 Å². The number of anilines is 1. The van der Waals surface area contributed by atoms with Gasteiger partial charge in [-0.25, -0.2) is 4.39 Å². The Kier molecular flexibility index (Phi) is 6.62. The quantitative estimate of drug-likeness (QED) is 0.557. The largest absolute Gasteiger partial charge is 0.419 e. The van der Waals surface area contributed by atoms with Crippen LogP contribution in [0, 0.1) is 11.7 Å². The molecule has 3 amide bonds. The summed E-state index contributed by atoms with van der Waals surface area (Å²) in [6.07, 6.45) is -9.68. The zero-order chi connectivity index (χ0) is 22.9. The van der Waals surface area contributed by atoms with Gasteiger partial charge in [-0.3, -0.25) is 14.4 Å². The predicted octanol–water partition coefficient (Wildman–Crippen LogP) is 2.70. The van der Waals surface area contributed by atoms with Gasteiger partial charge in [0.1, 0.15) is 11.9 Å². The van der Waals surface area contributed by atoms with Crippen LogP contribution >= 0.6 is 0 Å². The van der Waals surface area contributed by atoms with E-state index in [4.69, 9.17) is 0 Å². The second kappa shape index (κ2) is 8.48. The average molecular weight is 443 g/mol. The number of carbonyl (C=O) groups excluding carboxylic acids is 3. The lowest BCUT2D eigenvalue weighted by molar-refractivity contribution is -0.162. The molecular formula is C17H16F7N3O3. The minimum atomic E-state index is -4.97. The molecule has 2 N–H and O–H groups in total. The molecule has 1 aromatic rings. The van der Waals surface area contributed by atoms with Crippen molar-refractivity contribution < 1.29 is 45.1 Å². The first-order valence-electron chi connectivity index (χ1n) is 8.54. The number of carbonyl (C=O) groups is 3. The number of hydrogen-bond acceptors (Lipinski definition) is 3. The van der Waals surface area contributed by atoms with Crippen molar-refractivity contribution in [1.29, 1.82) is 0 Å². The van der Waals surface area contributed by atoms with Gasteiger partial charge in [0.15, 0.2) is 0 Å². The van der Waals surface area contributed by atoms with Crippen molar-refractivity contribution in [3.8, 4) is 0 Å². The van der Waals surface area contributed by atoms with Crippen LogP contribution in [-0.2, 0) is 20.6 Å². The highest BCUT2D eigenvalue weighted by molar-refractivity contribution is 6.35. The van der Waals surface area contributed by atoms with Crippen molar-refractivity contribution in [3.63, 3.8) is 0 Å². The lowest BCUT2D eigenvalue weighted by atomic mass is 10.1. The standard InChI is InChI=1S/C17H16F7N3O3/c1-8(16(19,20)21)25-14(29)15(30)27-5-4-9(7-27)13(28)26-10-2-3-12(18)11(6-10)17(22,23)24/h2-3,6,8-9H,4-5,7H2,1H3,(H,25,29)(H,26,28). The molecule has 1 aromatic carbocycles. The van der Waals surface area contributed by atoms with Crippen LogP contribution in [0.4, 0.5) is 36.4 Å². The Hall–Kier alpha value is -2.86. The molecule has 0 spiro atoms. The van der Waals surface area contributed by atoms with Gasteiger partial charge < -0.3 is 15.5 Å². The fourth-order valence-corrected chi connectivity index (χ4v) is 2.71. The number of nitrogens with zero attached hydrogens (tertiary/aromatic N) is 1. The number of benzene rings is 1. The van der Waals surface area contributed by atoms with E-state index in [2.05, 4.69) is 5.32 Å². The van der Waals surface area contributed by atoms with Gasteiger partial charge in [-0.15, -0.1) is 0 Å². The molecule has 6 nitrogen and oxygen atoms in total. The van der Waals surface area contributed by atoms with Crippen molar-refractivity contribution in [2.45, 2.75) is 31.7 Å². The molecule has 2 unspecified atom stereocenters. The molecule has 2 rings (SSSR count). The zero-order valence-electron chi connectivity index (χ0n) is 15.3. The Bertz CT molecular complexity index is 839. The van der Waals surface area contributed by atoms with Crippen LogP contribution in [0.2, 0.25) is 0 Å². The molecule has 0 bridgehead atoms. The Morgan fingerprint density at radius 2 is 1.77 bits per heavy atom. The van der Waals surface area contributed by atoms with Gasteiger partial charge in [0.25, 0.3) is 0 Å². The van der Waals surface area contributed by atoms with Crippen molar-refractivity contribution >= 4 is 23.4 Å².